The first-order valence-corrected chi connectivity index (χ1v) is 4.17. The normalized spacial score (nSPS) is 10.0. The minimum absolute atomic E-state index is 0.698. The third kappa shape index (κ3) is 2.02. The van der Waals surface area contributed by atoms with Crippen molar-refractivity contribution in [2.75, 3.05) is 0 Å². The molecular weight excluding hydrogens is 159 g/mol. The van der Waals surface area contributed by atoms with E-state index in [9.17, 15) is 4.57 Å². The van der Waals surface area contributed by atoms with Crippen molar-refractivity contribution in [3.63, 3.8) is 0 Å². The molecule has 0 aliphatic carbocycles. The quantitative estimate of drug-likeness (QED) is 0.636. The van der Waals surface area contributed by atoms with Crippen molar-refractivity contribution >= 4 is 8.69 Å². The lowest BCUT2D eigenvalue weighted by Crippen LogP contribution is -1.81. The van der Waals surface area contributed by atoms with E-state index < -0.39 is 8.69 Å². The minimum Gasteiger partial charge on any atom is -0.256 e. The van der Waals surface area contributed by atoms with Crippen molar-refractivity contribution in [2.24, 2.45) is 0 Å². The smallest absolute Gasteiger partial charge is 0.256 e. The van der Waals surface area contributed by atoms with Crippen LogP contribution < -0.4 is 4.52 Å². The number of hydrogen-bond donors (Lipinski definition) is 0. The lowest BCUT2D eigenvalue weighted by atomic mass is 10.1. The number of aryl methyl sites for hydroxylation is 2. The lowest BCUT2D eigenvalue weighted by molar-refractivity contribution is 0.523. The summed E-state index contributed by atoms with van der Waals surface area (Å²) >= 11 is 0. The molecule has 0 spiro atoms. The Morgan fingerprint density at radius 2 is 2.09 bits per heavy atom. The molecule has 1 aromatic carbocycles. The molecule has 11 heavy (non-hydrogen) atoms. The molecule has 0 amide bonds. The van der Waals surface area contributed by atoms with Crippen molar-refractivity contribution in [1.82, 2.24) is 0 Å². The van der Waals surface area contributed by atoms with Gasteiger partial charge in [0.25, 0.3) is 0 Å². The van der Waals surface area contributed by atoms with Gasteiger partial charge in [-0.2, -0.15) is 0 Å². The van der Waals surface area contributed by atoms with Crippen LogP contribution in [-0.4, -0.2) is 0 Å². The van der Waals surface area contributed by atoms with Gasteiger partial charge in [-0.1, -0.05) is 17.7 Å². The molecule has 0 aromatic heterocycles. The summed E-state index contributed by atoms with van der Waals surface area (Å²) in [5, 5.41) is 0. The molecule has 1 unspecified atom stereocenters. The fraction of sp³-hybridized carbons (Fsp3) is 0.250. The van der Waals surface area contributed by atoms with Crippen molar-refractivity contribution in [3.8, 4) is 5.75 Å². The third-order valence-corrected chi connectivity index (χ3v) is 1.79. The monoisotopic (exact) mass is 169 g/mol. The lowest BCUT2D eigenvalue weighted by Gasteiger charge is -1.97. The molecule has 0 N–H and O–H groups in total. The Morgan fingerprint density at radius 1 is 1.36 bits per heavy atom. The Morgan fingerprint density at radius 3 is 2.64 bits per heavy atom. The molecule has 0 saturated carbocycles. The van der Waals surface area contributed by atoms with Gasteiger partial charge in [0.2, 0.25) is 0 Å². The summed E-state index contributed by atoms with van der Waals surface area (Å²) in [6, 6.07) is 5.76. The van der Waals surface area contributed by atoms with Gasteiger partial charge < -0.3 is 0 Å². The molecule has 0 aliphatic heterocycles. The maximum Gasteiger partial charge on any atom is 0.542 e. The highest BCUT2D eigenvalue weighted by Gasteiger charge is 2.02. The summed E-state index contributed by atoms with van der Waals surface area (Å²) in [4.78, 5) is 0. The fourth-order valence-electron chi connectivity index (χ4n) is 0.959. The van der Waals surface area contributed by atoms with Crippen LogP contribution in [0.15, 0.2) is 18.2 Å². The first kappa shape index (κ1) is 8.22. The van der Waals surface area contributed by atoms with Crippen LogP contribution >= 0.6 is 8.69 Å². The highest BCUT2D eigenvalue weighted by atomic mass is 31.1. The molecule has 1 atom stereocenters. The maximum absolute atomic E-state index is 10.1. The molecule has 1 rings (SSSR count). The summed E-state index contributed by atoms with van der Waals surface area (Å²) < 4.78 is 15.0. The van der Waals surface area contributed by atoms with Gasteiger partial charge in [-0.05, 0) is 30.0 Å². The Bertz CT molecular complexity index is 271. The van der Waals surface area contributed by atoms with Crippen LogP contribution in [0.3, 0.4) is 0 Å². The van der Waals surface area contributed by atoms with Crippen LogP contribution in [0.4, 0.5) is 0 Å². The average molecular weight is 169 g/mol. The maximum atomic E-state index is 10.1. The highest BCUT2D eigenvalue weighted by Crippen LogP contribution is 2.21. The van der Waals surface area contributed by atoms with Crippen LogP contribution in [0.25, 0.3) is 0 Å². The molecular formula is C8H10O2P+. The van der Waals surface area contributed by atoms with Crippen LogP contribution in [0.2, 0.25) is 0 Å². The van der Waals surface area contributed by atoms with Crippen molar-refractivity contribution < 1.29 is 9.09 Å². The molecule has 3 heteroatoms. The number of hydrogen-bond acceptors (Lipinski definition) is 2. The van der Waals surface area contributed by atoms with Gasteiger partial charge in [0.15, 0.2) is 5.75 Å². The van der Waals surface area contributed by atoms with E-state index in [2.05, 4.69) is 0 Å². The van der Waals surface area contributed by atoms with Crippen LogP contribution in [0.5, 0.6) is 5.75 Å². The van der Waals surface area contributed by atoms with E-state index in [-0.39, 0.29) is 0 Å². The van der Waals surface area contributed by atoms with Gasteiger partial charge in [0.1, 0.15) is 0 Å². The van der Waals surface area contributed by atoms with E-state index in [1.54, 1.807) is 0 Å². The molecule has 2 nitrogen and oxygen atoms in total. The number of rotatable bonds is 2. The predicted molar refractivity (Wildman–Crippen MR) is 45.5 cm³/mol. The second kappa shape index (κ2) is 3.49. The molecule has 0 bridgehead atoms. The fourth-order valence-corrected chi connectivity index (χ4v) is 1.28. The number of benzene rings is 1. The topological polar surface area (TPSA) is 26.3 Å². The zero-order valence-corrected chi connectivity index (χ0v) is 7.55. The van der Waals surface area contributed by atoms with E-state index in [0.29, 0.717) is 5.75 Å². The van der Waals surface area contributed by atoms with Gasteiger partial charge in [0.05, 0.1) is 0 Å². The summed E-state index contributed by atoms with van der Waals surface area (Å²) in [5.74, 6) is 0.698. The van der Waals surface area contributed by atoms with E-state index in [0.717, 1.165) is 5.56 Å². The first-order chi connectivity index (χ1) is 5.24. The van der Waals surface area contributed by atoms with Crippen molar-refractivity contribution in [2.45, 2.75) is 13.8 Å². The summed E-state index contributed by atoms with van der Waals surface area (Å²) in [6.45, 7) is 3.94. The Labute approximate surface area is 67.5 Å². The molecule has 0 radical (unpaired) electrons. The zero-order chi connectivity index (χ0) is 8.27. The highest BCUT2D eigenvalue weighted by molar-refractivity contribution is 7.17. The largest absolute Gasteiger partial charge is 0.542 e. The zero-order valence-electron chi connectivity index (χ0n) is 6.55. The van der Waals surface area contributed by atoms with Crippen LogP contribution in [-0.2, 0) is 4.57 Å². The third-order valence-electron chi connectivity index (χ3n) is 1.48. The molecule has 0 heterocycles. The average Bonchev–Trinajstić information content (AvgIpc) is 1.95. The SMILES string of the molecule is Cc1ccc(O[PH+]=O)c(C)c1. The van der Waals surface area contributed by atoms with E-state index in [1.165, 1.54) is 5.56 Å². The standard InChI is InChI=1S/C8H10O2P/c1-6-3-4-8(10-11-9)7(2)5-6/h3-5,11H,1-2H3/q+1. The van der Waals surface area contributed by atoms with Gasteiger partial charge >= 0.3 is 8.69 Å². The van der Waals surface area contributed by atoms with Gasteiger partial charge in [-0.3, -0.25) is 4.52 Å². The van der Waals surface area contributed by atoms with Crippen LogP contribution in [0, 0.1) is 13.8 Å². The Balaban J connectivity index is 2.98. The second-order valence-electron chi connectivity index (χ2n) is 2.45. The second-order valence-corrected chi connectivity index (χ2v) is 2.83. The molecule has 0 saturated heterocycles. The Kier molecular flexibility index (Phi) is 2.61. The molecule has 58 valence electrons. The Hall–Kier alpha value is -0.880. The minimum atomic E-state index is -0.722. The predicted octanol–water partition coefficient (Wildman–Crippen LogP) is 2.62. The van der Waals surface area contributed by atoms with Gasteiger partial charge in [-0.25, -0.2) is 0 Å². The summed E-state index contributed by atoms with van der Waals surface area (Å²) in [5.41, 5.74) is 2.21. The van der Waals surface area contributed by atoms with Crippen molar-refractivity contribution in [1.29, 1.82) is 0 Å². The first-order valence-electron chi connectivity index (χ1n) is 3.35. The van der Waals surface area contributed by atoms with Gasteiger partial charge in [-0.15, -0.1) is 0 Å². The van der Waals surface area contributed by atoms with E-state index in [1.807, 2.05) is 32.0 Å². The van der Waals surface area contributed by atoms with Crippen molar-refractivity contribution in [3.05, 3.63) is 29.3 Å². The van der Waals surface area contributed by atoms with Crippen LogP contribution in [0.1, 0.15) is 11.1 Å². The summed E-state index contributed by atoms with van der Waals surface area (Å²) in [6.07, 6.45) is 0. The summed E-state index contributed by atoms with van der Waals surface area (Å²) in [7, 11) is -0.722. The molecule has 1 aromatic rings. The molecule has 0 aliphatic rings. The van der Waals surface area contributed by atoms with E-state index in [4.69, 9.17) is 4.52 Å². The van der Waals surface area contributed by atoms with Gasteiger partial charge in [0, 0.05) is 0 Å². The van der Waals surface area contributed by atoms with E-state index >= 15 is 0 Å². The molecule has 0 fully saturated rings.